The highest BCUT2D eigenvalue weighted by molar-refractivity contribution is 7.89. The molecule has 0 saturated carbocycles. The predicted octanol–water partition coefficient (Wildman–Crippen LogP) is -0.351. The van der Waals surface area contributed by atoms with Crippen LogP contribution in [0.25, 0.3) is 0 Å². The van der Waals surface area contributed by atoms with E-state index in [9.17, 15) is 23.3 Å². The van der Waals surface area contributed by atoms with E-state index in [4.69, 9.17) is 5.11 Å². The Morgan fingerprint density at radius 1 is 1.50 bits per heavy atom. The summed E-state index contributed by atoms with van der Waals surface area (Å²) in [6, 6.07) is 1.99. The van der Waals surface area contributed by atoms with E-state index < -0.39 is 26.6 Å². The van der Waals surface area contributed by atoms with Crippen molar-refractivity contribution in [1.29, 1.82) is 0 Å². The number of carboxylic acids is 1. The topological polar surface area (TPSA) is 152 Å². The summed E-state index contributed by atoms with van der Waals surface area (Å²) in [5, 5.41) is 22.0. The molecule has 3 N–H and O–H groups in total. The van der Waals surface area contributed by atoms with Crippen LogP contribution in [0.1, 0.15) is 10.5 Å². The van der Waals surface area contributed by atoms with Gasteiger partial charge in [-0.25, -0.2) is 22.9 Å². The summed E-state index contributed by atoms with van der Waals surface area (Å²) in [6.07, 6.45) is 0. The first-order valence-corrected chi connectivity index (χ1v) is 6.96. The quantitative estimate of drug-likeness (QED) is 0.456. The van der Waals surface area contributed by atoms with E-state index in [1.54, 1.807) is 0 Å². The molecule has 0 amide bonds. The first-order valence-electron chi connectivity index (χ1n) is 5.30. The number of hydrogen-bond acceptors (Lipinski definition) is 7. The lowest BCUT2D eigenvalue weighted by atomic mass is 10.3. The second-order valence-corrected chi connectivity index (χ2v) is 5.62. The molecule has 0 unspecified atom stereocenters. The van der Waals surface area contributed by atoms with Crippen molar-refractivity contribution in [3.05, 3.63) is 27.9 Å². The maximum absolute atomic E-state index is 11.2. The van der Waals surface area contributed by atoms with Crippen molar-refractivity contribution in [1.82, 2.24) is 9.71 Å². The van der Waals surface area contributed by atoms with Gasteiger partial charge in [-0.05, 0) is 13.1 Å². The van der Waals surface area contributed by atoms with Gasteiger partial charge in [-0.15, -0.1) is 0 Å². The van der Waals surface area contributed by atoms with Gasteiger partial charge in [-0.3, -0.25) is 10.1 Å². The number of aromatic nitrogens is 1. The lowest BCUT2D eigenvalue weighted by molar-refractivity contribution is -0.384. The number of pyridine rings is 1. The molecule has 0 radical (unpaired) electrons. The SMILES string of the molecule is CNS(=O)(=O)CCNc1nc(C(=O)O)ccc1[N+](=O)[O-]. The van der Waals surface area contributed by atoms with E-state index >= 15 is 0 Å². The average molecular weight is 304 g/mol. The fraction of sp³-hybridized carbons (Fsp3) is 0.333. The van der Waals surface area contributed by atoms with Crippen LogP contribution in [-0.4, -0.2) is 48.7 Å². The zero-order valence-electron chi connectivity index (χ0n) is 10.4. The van der Waals surface area contributed by atoms with Gasteiger partial charge in [0.15, 0.2) is 5.69 Å². The highest BCUT2D eigenvalue weighted by atomic mass is 32.2. The molecule has 0 saturated heterocycles. The molecule has 0 aliphatic rings. The van der Waals surface area contributed by atoms with E-state index in [0.29, 0.717) is 0 Å². The summed E-state index contributed by atoms with van der Waals surface area (Å²) >= 11 is 0. The second kappa shape index (κ2) is 6.25. The molecule has 0 fully saturated rings. The zero-order chi connectivity index (χ0) is 15.3. The fourth-order valence-electron chi connectivity index (χ4n) is 1.25. The third-order valence-electron chi connectivity index (χ3n) is 2.26. The maximum atomic E-state index is 11.2. The molecule has 1 aromatic rings. The number of nitrogens with zero attached hydrogens (tertiary/aromatic N) is 2. The van der Waals surface area contributed by atoms with Crippen LogP contribution in [0.15, 0.2) is 12.1 Å². The van der Waals surface area contributed by atoms with Crippen LogP contribution < -0.4 is 10.0 Å². The smallest absolute Gasteiger partial charge is 0.354 e. The van der Waals surface area contributed by atoms with Gasteiger partial charge in [-0.1, -0.05) is 0 Å². The van der Waals surface area contributed by atoms with Gasteiger partial charge in [0.05, 0.1) is 10.7 Å². The highest BCUT2D eigenvalue weighted by Crippen LogP contribution is 2.21. The summed E-state index contributed by atoms with van der Waals surface area (Å²) < 4.78 is 24.4. The minimum Gasteiger partial charge on any atom is -0.477 e. The van der Waals surface area contributed by atoms with Gasteiger partial charge in [0.1, 0.15) is 0 Å². The normalized spacial score (nSPS) is 11.1. The van der Waals surface area contributed by atoms with Crippen LogP contribution in [0, 0.1) is 10.1 Å². The number of nitro groups is 1. The number of rotatable bonds is 7. The Bertz CT molecular complexity index is 629. The summed E-state index contributed by atoms with van der Waals surface area (Å²) in [4.78, 5) is 24.3. The Balaban J connectivity index is 2.94. The number of nitrogens with one attached hydrogen (secondary N) is 2. The Morgan fingerprint density at radius 3 is 2.65 bits per heavy atom. The van der Waals surface area contributed by atoms with Gasteiger partial charge in [0.2, 0.25) is 15.8 Å². The standard InChI is InChI=1S/C9H12N4O6S/c1-10-20(18,19)5-4-11-8-7(13(16)17)3-2-6(12-8)9(14)15/h2-3,10H,4-5H2,1H3,(H,11,12)(H,14,15). The molecule has 1 aromatic heterocycles. The lowest BCUT2D eigenvalue weighted by Gasteiger charge is -2.07. The van der Waals surface area contributed by atoms with E-state index in [0.717, 1.165) is 12.1 Å². The van der Waals surface area contributed by atoms with Crippen molar-refractivity contribution >= 4 is 27.5 Å². The molecule has 20 heavy (non-hydrogen) atoms. The van der Waals surface area contributed by atoms with E-state index in [2.05, 4.69) is 15.0 Å². The number of sulfonamides is 1. The Hall–Kier alpha value is -2.27. The van der Waals surface area contributed by atoms with Crippen LogP contribution in [0.3, 0.4) is 0 Å². The van der Waals surface area contributed by atoms with Gasteiger partial charge < -0.3 is 10.4 Å². The van der Waals surface area contributed by atoms with Crippen molar-refractivity contribution in [2.24, 2.45) is 0 Å². The van der Waals surface area contributed by atoms with Gasteiger partial charge in [0, 0.05) is 12.6 Å². The number of anilines is 1. The molecule has 110 valence electrons. The van der Waals surface area contributed by atoms with Crippen LogP contribution in [0.2, 0.25) is 0 Å². The zero-order valence-corrected chi connectivity index (χ0v) is 11.2. The average Bonchev–Trinajstić information content (AvgIpc) is 2.38. The number of hydrogen-bond donors (Lipinski definition) is 3. The first kappa shape index (κ1) is 15.8. The fourth-order valence-corrected chi connectivity index (χ4v) is 1.83. The van der Waals surface area contributed by atoms with Crippen molar-refractivity contribution < 1.29 is 23.2 Å². The van der Waals surface area contributed by atoms with E-state index in [1.807, 2.05) is 0 Å². The molecule has 0 aliphatic heterocycles. The molecule has 0 bridgehead atoms. The van der Waals surface area contributed by atoms with Crippen molar-refractivity contribution in [2.75, 3.05) is 24.7 Å². The molecular weight excluding hydrogens is 292 g/mol. The minimum atomic E-state index is -3.48. The Labute approximate surface area is 114 Å². The van der Waals surface area contributed by atoms with Crippen LogP contribution >= 0.6 is 0 Å². The summed E-state index contributed by atoms with van der Waals surface area (Å²) in [6.45, 7) is -0.153. The Kier molecular flexibility index (Phi) is 4.94. The molecule has 0 atom stereocenters. The molecule has 1 heterocycles. The first-order chi connectivity index (χ1) is 9.26. The van der Waals surface area contributed by atoms with Crippen LogP contribution in [0.5, 0.6) is 0 Å². The number of aromatic carboxylic acids is 1. The number of carboxylic acid groups (broad SMARTS) is 1. The summed E-state index contributed by atoms with van der Waals surface area (Å²) in [5.41, 5.74) is -0.813. The van der Waals surface area contributed by atoms with Gasteiger partial charge in [-0.2, -0.15) is 0 Å². The molecule has 0 aliphatic carbocycles. The van der Waals surface area contributed by atoms with E-state index in [-0.39, 0.29) is 23.8 Å². The molecule has 0 aromatic carbocycles. The Morgan fingerprint density at radius 2 is 2.15 bits per heavy atom. The number of carbonyl (C=O) groups is 1. The molecule has 11 heteroatoms. The second-order valence-electron chi connectivity index (χ2n) is 3.58. The molecule has 1 rings (SSSR count). The summed E-state index contributed by atoms with van der Waals surface area (Å²) in [7, 11) is -2.24. The van der Waals surface area contributed by atoms with E-state index in [1.165, 1.54) is 7.05 Å². The predicted molar refractivity (Wildman–Crippen MR) is 69.2 cm³/mol. The summed E-state index contributed by atoms with van der Waals surface area (Å²) in [5.74, 6) is -1.97. The molecule has 10 nitrogen and oxygen atoms in total. The molecular formula is C9H12N4O6S. The lowest BCUT2D eigenvalue weighted by Crippen LogP contribution is -2.26. The molecule has 0 spiro atoms. The third kappa shape index (κ3) is 4.13. The largest absolute Gasteiger partial charge is 0.477 e. The minimum absolute atomic E-state index is 0.153. The highest BCUT2D eigenvalue weighted by Gasteiger charge is 2.18. The van der Waals surface area contributed by atoms with Crippen molar-refractivity contribution in [3.63, 3.8) is 0 Å². The van der Waals surface area contributed by atoms with Crippen LogP contribution in [0.4, 0.5) is 11.5 Å². The van der Waals surface area contributed by atoms with Crippen LogP contribution in [-0.2, 0) is 10.0 Å². The van der Waals surface area contributed by atoms with Crippen molar-refractivity contribution in [2.45, 2.75) is 0 Å². The van der Waals surface area contributed by atoms with Gasteiger partial charge in [0.25, 0.3) is 0 Å². The maximum Gasteiger partial charge on any atom is 0.354 e. The van der Waals surface area contributed by atoms with Crippen molar-refractivity contribution in [3.8, 4) is 0 Å². The van der Waals surface area contributed by atoms with Gasteiger partial charge >= 0.3 is 11.7 Å². The monoisotopic (exact) mass is 304 g/mol. The third-order valence-corrected chi connectivity index (χ3v) is 3.63.